The Morgan fingerprint density at radius 1 is 1.23 bits per heavy atom. The van der Waals surface area contributed by atoms with Crippen molar-refractivity contribution in [1.29, 1.82) is 0 Å². The van der Waals surface area contributed by atoms with Gasteiger partial charge in [0.25, 0.3) is 5.91 Å². The van der Waals surface area contributed by atoms with E-state index in [0.29, 0.717) is 16.4 Å². The first-order chi connectivity index (χ1) is 12.6. The minimum atomic E-state index is -0.214. The van der Waals surface area contributed by atoms with Gasteiger partial charge >= 0.3 is 0 Å². The van der Waals surface area contributed by atoms with Gasteiger partial charge < -0.3 is 0 Å². The van der Waals surface area contributed by atoms with Crippen molar-refractivity contribution in [2.75, 3.05) is 5.32 Å². The second-order valence-corrected chi connectivity index (χ2v) is 7.88. The van der Waals surface area contributed by atoms with Gasteiger partial charge in [-0.2, -0.15) is 0 Å². The van der Waals surface area contributed by atoms with Gasteiger partial charge in [-0.25, -0.2) is 0 Å². The number of nitrogens with one attached hydrogen (secondary N) is 1. The molecule has 3 rings (SSSR count). The minimum Gasteiger partial charge on any atom is -0.296 e. The van der Waals surface area contributed by atoms with Crippen LogP contribution in [0.15, 0.2) is 40.9 Å². The van der Waals surface area contributed by atoms with Gasteiger partial charge in [-0.15, -0.1) is 10.2 Å². The Balaban J connectivity index is 1.74. The van der Waals surface area contributed by atoms with E-state index in [9.17, 15) is 4.79 Å². The van der Waals surface area contributed by atoms with Crippen LogP contribution in [-0.4, -0.2) is 21.1 Å². The molecular formula is C19H19BrN4OS. The first kappa shape index (κ1) is 18.7. The van der Waals surface area contributed by atoms with Gasteiger partial charge in [0.05, 0.1) is 17.0 Å². The fraction of sp³-hybridized carbons (Fsp3) is 0.263. The number of benzene rings is 1. The number of halogens is 1. The lowest BCUT2D eigenvalue weighted by Gasteiger charge is -2.08. The Hall–Kier alpha value is -2.12. The summed E-state index contributed by atoms with van der Waals surface area (Å²) >= 11 is 4.89. The van der Waals surface area contributed by atoms with Crippen LogP contribution in [0.5, 0.6) is 0 Å². The van der Waals surface area contributed by atoms with Crippen molar-refractivity contribution in [3.8, 4) is 11.3 Å². The van der Waals surface area contributed by atoms with Crippen LogP contribution in [0.3, 0.4) is 0 Å². The number of anilines is 1. The van der Waals surface area contributed by atoms with Crippen molar-refractivity contribution in [3.05, 3.63) is 57.1 Å². The van der Waals surface area contributed by atoms with E-state index in [1.54, 1.807) is 6.07 Å². The number of carbonyl (C=O) groups excluding carboxylic acids is 1. The molecule has 7 heteroatoms. The monoisotopic (exact) mass is 430 g/mol. The molecule has 5 nitrogen and oxygen atoms in total. The van der Waals surface area contributed by atoms with Crippen molar-refractivity contribution in [1.82, 2.24) is 15.2 Å². The molecule has 0 spiro atoms. The van der Waals surface area contributed by atoms with Crippen LogP contribution in [0.25, 0.3) is 11.3 Å². The highest BCUT2D eigenvalue weighted by atomic mass is 79.9. The van der Waals surface area contributed by atoms with Gasteiger partial charge in [0.1, 0.15) is 5.01 Å². The first-order valence-electron chi connectivity index (χ1n) is 8.44. The summed E-state index contributed by atoms with van der Waals surface area (Å²) in [4.78, 5) is 17.1. The lowest BCUT2D eigenvalue weighted by atomic mass is 10.1. The third-order valence-electron chi connectivity index (χ3n) is 3.88. The van der Waals surface area contributed by atoms with Gasteiger partial charge in [0.15, 0.2) is 0 Å². The van der Waals surface area contributed by atoms with E-state index in [-0.39, 0.29) is 5.91 Å². The molecule has 3 aromatic rings. The summed E-state index contributed by atoms with van der Waals surface area (Å²) in [5.41, 5.74) is 3.04. The number of hydrogen-bond donors (Lipinski definition) is 1. The third-order valence-corrected chi connectivity index (χ3v) is 5.27. The number of carbonyl (C=O) groups is 1. The number of hydrogen-bond acceptors (Lipinski definition) is 5. The molecule has 134 valence electrons. The van der Waals surface area contributed by atoms with Crippen molar-refractivity contribution < 1.29 is 4.79 Å². The molecule has 2 aromatic heterocycles. The molecule has 0 atom stereocenters. The van der Waals surface area contributed by atoms with E-state index in [1.807, 2.05) is 37.3 Å². The molecule has 1 N–H and O–H groups in total. The Morgan fingerprint density at radius 3 is 2.81 bits per heavy atom. The summed E-state index contributed by atoms with van der Waals surface area (Å²) in [6.45, 7) is 3.97. The van der Waals surface area contributed by atoms with Gasteiger partial charge in [0.2, 0.25) is 5.13 Å². The molecule has 0 radical (unpaired) electrons. The molecule has 0 aliphatic heterocycles. The van der Waals surface area contributed by atoms with E-state index in [2.05, 4.69) is 43.4 Å². The van der Waals surface area contributed by atoms with Gasteiger partial charge in [-0.3, -0.25) is 15.1 Å². The van der Waals surface area contributed by atoms with Crippen molar-refractivity contribution >= 4 is 38.3 Å². The fourth-order valence-electron chi connectivity index (χ4n) is 2.51. The lowest BCUT2D eigenvalue weighted by Crippen LogP contribution is -2.14. The Kier molecular flexibility index (Phi) is 6.11. The maximum absolute atomic E-state index is 12.5. The summed E-state index contributed by atoms with van der Waals surface area (Å²) in [6, 6.07) is 11.6. The van der Waals surface area contributed by atoms with E-state index in [1.165, 1.54) is 11.3 Å². The Bertz CT molecular complexity index is 925. The number of amides is 1. The van der Waals surface area contributed by atoms with Crippen LogP contribution in [0.4, 0.5) is 5.13 Å². The first-order valence-corrected chi connectivity index (χ1v) is 10.0. The summed E-state index contributed by atoms with van der Waals surface area (Å²) < 4.78 is 0.992. The fourth-order valence-corrected chi connectivity index (χ4v) is 3.68. The van der Waals surface area contributed by atoms with Gasteiger partial charge in [-0.05, 0) is 37.6 Å². The smallest absolute Gasteiger partial charge is 0.259 e. The zero-order valence-electron chi connectivity index (χ0n) is 14.6. The molecule has 0 saturated heterocycles. The number of nitrogens with zero attached hydrogens (tertiary/aromatic N) is 3. The standard InChI is InChI=1S/C19H19BrN4OS/c1-3-4-8-17-23-24-19(26-17)22-18(25)15-9-10-16(21-12(15)2)13-6-5-7-14(20)11-13/h5-7,9-11H,3-4,8H2,1-2H3,(H,22,24,25). The number of unbranched alkanes of at least 4 members (excludes halogenated alkanes) is 1. The minimum absolute atomic E-state index is 0.214. The number of rotatable bonds is 6. The summed E-state index contributed by atoms with van der Waals surface area (Å²) in [7, 11) is 0. The van der Waals surface area contributed by atoms with Crippen molar-refractivity contribution in [2.24, 2.45) is 0 Å². The molecule has 0 fully saturated rings. The topological polar surface area (TPSA) is 67.8 Å². The second-order valence-electron chi connectivity index (χ2n) is 5.90. The highest BCUT2D eigenvalue weighted by Gasteiger charge is 2.14. The normalized spacial score (nSPS) is 10.7. The SMILES string of the molecule is CCCCc1nnc(NC(=O)c2ccc(-c3cccc(Br)c3)nc2C)s1. The highest BCUT2D eigenvalue weighted by Crippen LogP contribution is 2.23. The molecule has 0 bridgehead atoms. The molecule has 0 saturated carbocycles. The third kappa shape index (κ3) is 4.53. The van der Waals surface area contributed by atoms with Crippen LogP contribution in [-0.2, 0) is 6.42 Å². The molecule has 0 aliphatic rings. The molecular weight excluding hydrogens is 412 g/mol. The van der Waals surface area contributed by atoms with Crippen molar-refractivity contribution in [2.45, 2.75) is 33.1 Å². The average molecular weight is 431 g/mol. The van der Waals surface area contributed by atoms with Crippen LogP contribution in [0.1, 0.15) is 40.8 Å². The summed E-state index contributed by atoms with van der Waals surface area (Å²) in [6.07, 6.45) is 3.07. The predicted octanol–water partition coefficient (Wildman–Crippen LogP) is 5.27. The Morgan fingerprint density at radius 2 is 2.08 bits per heavy atom. The van der Waals surface area contributed by atoms with Gasteiger partial charge in [0, 0.05) is 16.5 Å². The molecule has 0 unspecified atom stereocenters. The highest BCUT2D eigenvalue weighted by molar-refractivity contribution is 9.10. The van der Waals surface area contributed by atoms with E-state index in [0.717, 1.165) is 40.0 Å². The molecule has 1 amide bonds. The Labute approximate surface area is 165 Å². The van der Waals surface area contributed by atoms with Crippen LogP contribution >= 0.6 is 27.3 Å². The summed E-state index contributed by atoms with van der Waals surface area (Å²) in [5.74, 6) is -0.214. The zero-order valence-corrected chi connectivity index (χ0v) is 17.0. The number of aromatic nitrogens is 3. The van der Waals surface area contributed by atoms with Crippen LogP contribution < -0.4 is 5.32 Å². The summed E-state index contributed by atoms with van der Waals surface area (Å²) in [5, 5.41) is 12.5. The second kappa shape index (κ2) is 8.51. The van der Waals surface area contributed by atoms with E-state index >= 15 is 0 Å². The number of pyridine rings is 1. The van der Waals surface area contributed by atoms with E-state index in [4.69, 9.17) is 0 Å². The maximum atomic E-state index is 12.5. The van der Waals surface area contributed by atoms with Crippen LogP contribution in [0, 0.1) is 6.92 Å². The van der Waals surface area contributed by atoms with Gasteiger partial charge in [-0.1, -0.05) is 52.7 Å². The average Bonchev–Trinajstić information content (AvgIpc) is 3.07. The lowest BCUT2D eigenvalue weighted by molar-refractivity contribution is 0.102. The largest absolute Gasteiger partial charge is 0.296 e. The quantitative estimate of drug-likeness (QED) is 0.578. The molecule has 26 heavy (non-hydrogen) atoms. The van der Waals surface area contributed by atoms with E-state index < -0.39 is 0 Å². The molecule has 0 aliphatic carbocycles. The van der Waals surface area contributed by atoms with Crippen LogP contribution in [0.2, 0.25) is 0 Å². The van der Waals surface area contributed by atoms with Crippen molar-refractivity contribution in [3.63, 3.8) is 0 Å². The maximum Gasteiger partial charge on any atom is 0.259 e. The number of aryl methyl sites for hydroxylation is 2. The predicted molar refractivity (Wildman–Crippen MR) is 109 cm³/mol. The molecule has 2 heterocycles. The molecule has 1 aromatic carbocycles. The zero-order chi connectivity index (χ0) is 18.5.